The molecular formula is C20H25BrN4O. The van der Waals surface area contributed by atoms with Gasteiger partial charge < -0.3 is 15.1 Å². The molecule has 26 heavy (non-hydrogen) atoms. The fraction of sp³-hybridized carbons (Fsp3) is 0.400. The van der Waals surface area contributed by atoms with Crippen molar-refractivity contribution >= 4 is 27.7 Å². The molecule has 2 aromatic rings. The number of piperazine rings is 1. The first-order valence-electron chi connectivity index (χ1n) is 9.01. The number of aryl methyl sites for hydroxylation is 1. The molecule has 1 N–H and O–H groups in total. The van der Waals surface area contributed by atoms with Crippen molar-refractivity contribution in [3.63, 3.8) is 0 Å². The zero-order valence-corrected chi connectivity index (χ0v) is 16.7. The zero-order valence-electron chi connectivity index (χ0n) is 15.1. The van der Waals surface area contributed by atoms with Gasteiger partial charge in [-0.15, -0.1) is 0 Å². The quantitative estimate of drug-likeness (QED) is 0.786. The number of aromatic nitrogens is 1. The minimum Gasteiger partial charge on any atom is -0.354 e. The second-order valence-electron chi connectivity index (χ2n) is 6.64. The van der Waals surface area contributed by atoms with E-state index in [0.717, 1.165) is 54.0 Å². The number of likely N-dealkylation sites (N-methyl/N-ethyl adjacent to an activating group) is 1. The maximum atomic E-state index is 12.3. The van der Waals surface area contributed by atoms with Gasteiger partial charge in [-0.2, -0.15) is 0 Å². The molecule has 5 nitrogen and oxygen atoms in total. The summed E-state index contributed by atoms with van der Waals surface area (Å²) in [5, 5.41) is 3.05. The largest absolute Gasteiger partial charge is 0.354 e. The average molecular weight is 417 g/mol. The molecule has 0 atom stereocenters. The Morgan fingerprint density at radius 3 is 2.62 bits per heavy atom. The van der Waals surface area contributed by atoms with Gasteiger partial charge in [0.05, 0.1) is 0 Å². The van der Waals surface area contributed by atoms with Crippen LogP contribution in [-0.4, -0.2) is 49.0 Å². The standard InChI is InChI=1S/C20H25BrN4O/c1-24-11-13-25(14-12-24)20-17(6-4-10-22-20)15-23-19(26)9-8-16-5-2-3-7-18(16)21/h2-7,10H,8-9,11-15H2,1H3,(H,23,26). The molecule has 138 valence electrons. The molecule has 1 aromatic heterocycles. The van der Waals surface area contributed by atoms with Crippen LogP contribution in [0.3, 0.4) is 0 Å². The summed E-state index contributed by atoms with van der Waals surface area (Å²) >= 11 is 3.53. The lowest BCUT2D eigenvalue weighted by Gasteiger charge is -2.34. The number of hydrogen-bond donors (Lipinski definition) is 1. The fourth-order valence-electron chi connectivity index (χ4n) is 3.10. The third kappa shape index (κ3) is 5.05. The van der Waals surface area contributed by atoms with E-state index in [9.17, 15) is 4.79 Å². The number of nitrogens with zero attached hydrogens (tertiary/aromatic N) is 3. The maximum Gasteiger partial charge on any atom is 0.220 e. The molecule has 0 unspecified atom stereocenters. The summed E-state index contributed by atoms with van der Waals surface area (Å²) in [6.07, 6.45) is 3.03. The van der Waals surface area contributed by atoms with Gasteiger partial charge in [0.25, 0.3) is 0 Å². The Bertz CT molecular complexity index is 744. The molecule has 1 aliphatic heterocycles. The van der Waals surface area contributed by atoms with Crippen LogP contribution in [0.1, 0.15) is 17.5 Å². The second kappa shape index (κ2) is 9.14. The van der Waals surface area contributed by atoms with Crippen molar-refractivity contribution in [1.29, 1.82) is 0 Å². The minimum absolute atomic E-state index is 0.0638. The lowest BCUT2D eigenvalue weighted by atomic mass is 10.1. The van der Waals surface area contributed by atoms with Gasteiger partial charge in [0.2, 0.25) is 5.91 Å². The van der Waals surface area contributed by atoms with Crippen LogP contribution >= 0.6 is 15.9 Å². The van der Waals surface area contributed by atoms with Crippen LogP contribution in [0.2, 0.25) is 0 Å². The van der Waals surface area contributed by atoms with E-state index >= 15 is 0 Å². The number of pyridine rings is 1. The van der Waals surface area contributed by atoms with Gasteiger partial charge in [0.15, 0.2) is 0 Å². The summed E-state index contributed by atoms with van der Waals surface area (Å²) in [6, 6.07) is 12.0. The summed E-state index contributed by atoms with van der Waals surface area (Å²) in [6.45, 7) is 4.53. The van der Waals surface area contributed by atoms with E-state index < -0.39 is 0 Å². The lowest BCUT2D eigenvalue weighted by Crippen LogP contribution is -2.45. The number of halogens is 1. The van der Waals surface area contributed by atoms with Gasteiger partial charge in [-0.05, 0) is 31.2 Å². The third-order valence-electron chi connectivity index (χ3n) is 4.73. The Balaban J connectivity index is 1.54. The van der Waals surface area contributed by atoms with Gasteiger partial charge in [-0.25, -0.2) is 4.98 Å². The van der Waals surface area contributed by atoms with E-state index in [0.29, 0.717) is 13.0 Å². The van der Waals surface area contributed by atoms with Gasteiger partial charge in [0.1, 0.15) is 5.82 Å². The molecule has 2 heterocycles. The molecule has 0 bridgehead atoms. The van der Waals surface area contributed by atoms with Gasteiger partial charge in [-0.1, -0.05) is 40.2 Å². The summed E-state index contributed by atoms with van der Waals surface area (Å²) < 4.78 is 1.05. The Kier molecular flexibility index (Phi) is 6.63. The van der Waals surface area contributed by atoms with Crippen LogP contribution in [0.25, 0.3) is 0 Å². The van der Waals surface area contributed by atoms with Gasteiger partial charge in [0, 0.05) is 55.4 Å². The van der Waals surface area contributed by atoms with Crippen molar-refractivity contribution in [1.82, 2.24) is 15.2 Å². The molecule has 0 radical (unpaired) electrons. The Morgan fingerprint density at radius 2 is 1.85 bits per heavy atom. The molecule has 1 aromatic carbocycles. The summed E-state index contributed by atoms with van der Waals surface area (Å²) in [7, 11) is 2.14. The smallest absolute Gasteiger partial charge is 0.220 e. The topological polar surface area (TPSA) is 48.5 Å². The van der Waals surface area contributed by atoms with Crippen LogP contribution in [0.5, 0.6) is 0 Å². The van der Waals surface area contributed by atoms with Crippen LogP contribution in [0, 0.1) is 0 Å². The van der Waals surface area contributed by atoms with E-state index in [1.807, 2.05) is 36.5 Å². The highest BCUT2D eigenvalue weighted by Crippen LogP contribution is 2.19. The Hall–Kier alpha value is -1.92. The Morgan fingerprint density at radius 1 is 1.12 bits per heavy atom. The van der Waals surface area contributed by atoms with Crippen molar-refractivity contribution in [3.8, 4) is 0 Å². The first kappa shape index (κ1) is 18.9. The van der Waals surface area contributed by atoms with Crippen molar-refractivity contribution in [2.45, 2.75) is 19.4 Å². The lowest BCUT2D eigenvalue weighted by molar-refractivity contribution is -0.121. The van der Waals surface area contributed by atoms with Crippen LogP contribution < -0.4 is 10.2 Å². The van der Waals surface area contributed by atoms with Crippen molar-refractivity contribution in [2.24, 2.45) is 0 Å². The van der Waals surface area contributed by atoms with E-state index in [-0.39, 0.29) is 5.91 Å². The molecule has 1 amide bonds. The maximum absolute atomic E-state index is 12.3. The highest BCUT2D eigenvalue weighted by molar-refractivity contribution is 9.10. The third-order valence-corrected chi connectivity index (χ3v) is 5.50. The molecular weight excluding hydrogens is 392 g/mol. The predicted molar refractivity (Wildman–Crippen MR) is 108 cm³/mol. The van der Waals surface area contributed by atoms with E-state index in [1.54, 1.807) is 0 Å². The molecule has 1 fully saturated rings. The number of carbonyl (C=O) groups is 1. The fourth-order valence-corrected chi connectivity index (χ4v) is 3.59. The van der Waals surface area contributed by atoms with Crippen LogP contribution in [0.4, 0.5) is 5.82 Å². The minimum atomic E-state index is 0.0638. The van der Waals surface area contributed by atoms with Gasteiger partial charge >= 0.3 is 0 Å². The van der Waals surface area contributed by atoms with Crippen molar-refractivity contribution < 1.29 is 4.79 Å². The number of nitrogens with one attached hydrogen (secondary N) is 1. The number of hydrogen-bond acceptors (Lipinski definition) is 4. The van der Waals surface area contributed by atoms with Crippen LogP contribution in [0.15, 0.2) is 47.1 Å². The SMILES string of the molecule is CN1CCN(c2ncccc2CNC(=O)CCc2ccccc2Br)CC1. The van der Waals surface area contributed by atoms with Crippen LogP contribution in [-0.2, 0) is 17.8 Å². The highest BCUT2D eigenvalue weighted by atomic mass is 79.9. The summed E-state index contributed by atoms with van der Waals surface area (Å²) in [4.78, 5) is 21.5. The van der Waals surface area contributed by atoms with Gasteiger partial charge in [-0.3, -0.25) is 4.79 Å². The van der Waals surface area contributed by atoms with E-state index in [4.69, 9.17) is 0 Å². The first-order valence-corrected chi connectivity index (χ1v) is 9.80. The Labute approximate surface area is 163 Å². The number of amides is 1. The molecule has 3 rings (SSSR count). The van der Waals surface area contributed by atoms with E-state index in [2.05, 4.69) is 49.1 Å². The number of rotatable bonds is 6. The average Bonchev–Trinajstić information content (AvgIpc) is 2.67. The number of benzene rings is 1. The predicted octanol–water partition coefficient (Wildman–Crippen LogP) is 2.84. The molecule has 0 saturated carbocycles. The van der Waals surface area contributed by atoms with Crippen molar-refractivity contribution in [3.05, 3.63) is 58.2 Å². The number of carbonyl (C=O) groups excluding carboxylic acids is 1. The highest BCUT2D eigenvalue weighted by Gasteiger charge is 2.18. The summed E-state index contributed by atoms with van der Waals surface area (Å²) in [5.41, 5.74) is 2.23. The first-order chi connectivity index (χ1) is 12.6. The van der Waals surface area contributed by atoms with Crippen molar-refractivity contribution in [2.75, 3.05) is 38.1 Å². The summed E-state index contributed by atoms with van der Waals surface area (Å²) in [5.74, 6) is 1.06. The zero-order chi connectivity index (χ0) is 18.4. The molecule has 6 heteroatoms. The second-order valence-corrected chi connectivity index (χ2v) is 7.50. The normalized spacial score (nSPS) is 15.1. The molecule has 1 saturated heterocycles. The number of anilines is 1. The molecule has 0 aliphatic carbocycles. The van der Waals surface area contributed by atoms with E-state index in [1.165, 1.54) is 0 Å². The molecule has 0 spiro atoms. The molecule has 1 aliphatic rings. The monoisotopic (exact) mass is 416 g/mol.